The number of anilines is 1. The Labute approximate surface area is 193 Å². The summed E-state index contributed by atoms with van der Waals surface area (Å²) in [5.74, 6) is -1.38. The van der Waals surface area contributed by atoms with Gasteiger partial charge in [-0.3, -0.25) is 14.6 Å². The maximum absolute atomic E-state index is 13.5. The molecule has 2 aromatic heterocycles. The number of fused-ring (bicyclic) bond motifs is 3. The van der Waals surface area contributed by atoms with Crippen molar-refractivity contribution in [2.24, 2.45) is 5.73 Å². The van der Waals surface area contributed by atoms with Gasteiger partial charge >= 0.3 is 0 Å². The van der Waals surface area contributed by atoms with E-state index in [1.165, 1.54) is 30.6 Å². The van der Waals surface area contributed by atoms with Gasteiger partial charge in [0.15, 0.2) is 5.69 Å². The fourth-order valence-electron chi connectivity index (χ4n) is 4.04. The minimum atomic E-state index is -0.632. The second-order valence-electron chi connectivity index (χ2n) is 7.61. The predicted molar refractivity (Wildman–Crippen MR) is 122 cm³/mol. The molecule has 164 valence electrons. The highest BCUT2D eigenvalue weighted by Gasteiger charge is 2.28. The number of aromatic nitrogens is 3. The number of nitrogens with two attached hydrogens (primary N) is 1. The van der Waals surface area contributed by atoms with Crippen molar-refractivity contribution in [3.05, 3.63) is 94.1 Å². The molecule has 0 fully saturated rings. The Kier molecular flexibility index (Phi) is 5.14. The molecule has 0 atom stereocenters. The first kappa shape index (κ1) is 20.8. The van der Waals surface area contributed by atoms with Crippen molar-refractivity contribution in [3.8, 4) is 16.9 Å². The molecular weight excluding hydrogens is 445 g/mol. The quantitative estimate of drug-likeness (QED) is 0.476. The highest BCUT2D eigenvalue weighted by molar-refractivity contribution is 6.34. The van der Waals surface area contributed by atoms with Gasteiger partial charge in [0, 0.05) is 29.2 Å². The molecule has 3 N–H and O–H groups in total. The van der Waals surface area contributed by atoms with Crippen LogP contribution in [0.3, 0.4) is 0 Å². The van der Waals surface area contributed by atoms with E-state index in [2.05, 4.69) is 15.4 Å². The van der Waals surface area contributed by atoms with Crippen LogP contribution in [0, 0.1) is 5.82 Å². The number of nitrogens with zero attached hydrogens (tertiary/aromatic N) is 3. The largest absolute Gasteiger partial charge is 0.364 e. The standard InChI is InChI=1S/C24H17ClFN5O2/c25-20-12-28-10-9-17(20)24(33)29-15-5-1-13-2-8-18-21(23(27)32)30-31(22(18)19(13)11-15)16-6-3-14(26)4-7-16/h1,3-7,9-12H,2,8H2,(H2,27,32)(H,29,33). The molecule has 0 bridgehead atoms. The molecule has 0 saturated carbocycles. The highest BCUT2D eigenvalue weighted by Crippen LogP contribution is 2.38. The highest BCUT2D eigenvalue weighted by atomic mass is 35.5. The number of halogens is 2. The summed E-state index contributed by atoms with van der Waals surface area (Å²) >= 11 is 6.09. The molecule has 0 saturated heterocycles. The monoisotopic (exact) mass is 461 g/mol. The fraction of sp³-hybridized carbons (Fsp3) is 0.0833. The van der Waals surface area contributed by atoms with Crippen LogP contribution in [0.15, 0.2) is 60.9 Å². The normalized spacial score (nSPS) is 12.1. The maximum atomic E-state index is 13.5. The summed E-state index contributed by atoms with van der Waals surface area (Å²) in [4.78, 5) is 28.7. The zero-order valence-electron chi connectivity index (χ0n) is 17.2. The van der Waals surface area contributed by atoms with E-state index in [1.54, 1.807) is 16.8 Å². The van der Waals surface area contributed by atoms with E-state index in [0.29, 0.717) is 35.5 Å². The van der Waals surface area contributed by atoms with Crippen LogP contribution in [0.5, 0.6) is 0 Å². The first-order valence-electron chi connectivity index (χ1n) is 10.1. The third-order valence-corrected chi connectivity index (χ3v) is 5.87. The van der Waals surface area contributed by atoms with Crippen molar-refractivity contribution >= 4 is 29.1 Å². The molecule has 0 unspecified atom stereocenters. The van der Waals surface area contributed by atoms with Crippen LogP contribution in [0.2, 0.25) is 5.02 Å². The molecule has 4 aromatic rings. The Morgan fingerprint density at radius 1 is 1.09 bits per heavy atom. The van der Waals surface area contributed by atoms with Gasteiger partial charge in [-0.05, 0) is 60.9 Å². The van der Waals surface area contributed by atoms with Crippen molar-refractivity contribution < 1.29 is 14.0 Å². The average Bonchev–Trinajstić information content (AvgIpc) is 3.20. The van der Waals surface area contributed by atoms with Crippen LogP contribution in [-0.4, -0.2) is 26.6 Å². The van der Waals surface area contributed by atoms with Gasteiger partial charge in [0.1, 0.15) is 5.82 Å². The third kappa shape index (κ3) is 3.74. The van der Waals surface area contributed by atoms with Crippen molar-refractivity contribution in [2.45, 2.75) is 12.8 Å². The number of hydrogen-bond acceptors (Lipinski definition) is 4. The SMILES string of the molecule is NC(=O)c1nn(-c2ccc(F)cc2)c2c1CCc1ccc(NC(=O)c3ccncc3Cl)cc1-2. The molecule has 2 aromatic carbocycles. The number of carbonyl (C=O) groups is 2. The van der Waals surface area contributed by atoms with Crippen molar-refractivity contribution in [1.29, 1.82) is 0 Å². The minimum Gasteiger partial charge on any atom is -0.364 e. The lowest BCUT2D eigenvalue weighted by Crippen LogP contribution is -2.16. The predicted octanol–water partition coefficient (Wildman–Crippen LogP) is 4.18. The van der Waals surface area contributed by atoms with Gasteiger partial charge in [-0.15, -0.1) is 0 Å². The first-order chi connectivity index (χ1) is 15.9. The Morgan fingerprint density at radius 2 is 1.88 bits per heavy atom. The second-order valence-corrected chi connectivity index (χ2v) is 8.02. The summed E-state index contributed by atoms with van der Waals surface area (Å²) in [6.07, 6.45) is 4.16. The number of primary amides is 1. The zero-order valence-corrected chi connectivity index (χ0v) is 17.9. The van der Waals surface area contributed by atoms with Crippen LogP contribution < -0.4 is 11.1 Å². The Hall–Kier alpha value is -4.04. The number of carbonyl (C=O) groups excluding carboxylic acids is 2. The van der Waals surface area contributed by atoms with Crippen LogP contribution in [0.4, 0.5) is 10.1 Å². The third-order valence-electron chi connectivity index (χ3n) is 5.57. The van der Waals surface area contributed by atoms with E-state index < -0.39 is 5.91 Å². The fourth-order valence-corrected chi connectivity index (χ4v) is 4.25. The van der Waals surface area contributed by atoms with E-state index in [1.807, 2.05) is 18.2 Å². The average molecular weight is 462 g/mol. The number of aryl methyl sites for hydroxylation is 1. The first-order valence-corrected chi connectivity index (χ1v) is 10.5. The lowest BCUT2D eigenvalue weighted by Gasteiger charge is -2.20. The molecule has 9 heteroatoms. The second kappa shape index (κ2) is 8.14. The molecule has 1 aliphatic carbocycles. The zero-order chi connectivity index (χ0) is 23.1. The van der Waals surface area contributed by atoms with Crippen LogP contribution >= 0.6 is 11.6 Å². The molecule has 2 amide bonds. The molecule has 5 rings (SSSR count). The van der Waals surface area contributed by atoms with E-state index in [4.69, 9.17) is 17.3 Å². The molecule has 1 aliphatic rings. The number of amides is 2. The van der Waals surface area contributed by atoms with E-state index >= 15 is 0 Å². The summed E-state index contributed by atoms with van der Waals surface area (Å²) in [5, 5.41) is 7.55. The summed E-state index contributed by atoms with van der Waals surface area (Å²) in [6, 6.07) is 12.9. The summed E-state index contributed by atoms with van der Waals surface area (Å²) in [6.45, 7) is 0. The topological polar surface area (TPSA) is 103 Å². The van der Waals surface area contributed by atoms with Gasteiger partial charge in [0.25, 0.3) is 11.8 Å². The summed E-state index contributed by atoms with van der Waals surface area (Å²) < 4.78 is 15.1. The van der Waals surface area contributed by atoms with Gasteiger partial charge in [-0.1, -0.05) is 17.7 Å². The molecule has 0 radical (unpaired) electrons. The van der Waals surface area contributed by atoms with E-state index in [-0.39, 0.29) is 22.4 Å². The molecule has 33 heavy (non-hydrogen) atoms. The maximum Gasteiger partial charge on any atom is 0.269 e. The molecular formula is C24H17ClFN5O2. The van der Waals surface area contributed by atoms with Gasteiger partial charge in [-0.2, -0.15) is 5.10 Å². The lowest BCUT2D eigenvalue weighted by molar-refractivity contribution is 0.0992. The van der Waals surface area contributed by atoms with Crippen LogP contribution in [0.25, 0.3) is 16.9 Å². The Bertz CT molecular complexity index is 1420. The molecule has 0 spiro atoms. The lowest BCUT2D eigenvalue weighted by atomic mass is 9.88. The van der Waals surface area contributed by atoms with Crippen molar-refractivity contribution in [3.63, 3.8) is 0 Å². The minimum absolute atomic E-state index is 0.179. The number of pyridine rings is 1. The van der Waals surface area contributed by atoms with Crippen LogP contribution in [-0.2, 0) is 12.8 Å². The smallest absolute Gasteiger partial charge is 0.269 e. The Balaban J connectivity index is 1.61. The number of rotatable bonds is 4. The van der Waals surface area contributed by atoms with E-state index in [9.17, 15) is 14.0 Å². The van der Waals surface area contributed by atoms with Crippen LogP contribution in [0.1, 0.15) is 32.0 Å². The van der Waals surface area contributed by atoms with Crippen molar-refractivity contribution in [2.75, 3.05) is 5.32 Å². The molecule has 0 aliphatic heterocycles. The van der Waals surface area contributed by atoms with Gasteiger partial charge in [-0.25, -0.2) is 9.07 Å². The van der Waals surface area contributed by atoms with Crippen molar-refractivity contribution in [1.82, 2.24) is 14.8 Å². The van der Waals surface area contributed by atoms with Gasteiger partial charge < -0.3 is 11.1 Å². The Morgan fingerprint density at radius 3 is 2.61 bits per heavy atom. The molecule has 7 nitrogen and oxygen atoms in total. The molecule has 2 heterocycles. The van der Waals surface area contributed by atoms with Gasteiger partial charge in [0.05, 0.1) is 22.0 Å². The summed E-state index contributed by atoms with van der Waals surface area (Å²) in [5.41, 5.74) is 10.5. The van der Waals surface area contributed by atoms with Gasteiger partial charge in [0.2, 0.25) is 0 Å². The van der Waals surface area contributed by atoms with E-state index in [0.717, 1.165) is 16.7 Å². The number of hydrogen-bond donors (Lipinski definition) is 2. The number of nitrogens with one attached hydrogen (secondary N) is 1. The summed E-state index contributed by atoms with van der Waals surface area (Å²) in [7, 11) is 0. The number of benzene rings is 2.